The molecule has 3 aliphatic rings. The molecule has 1 aliphatic carbocycles. The normalized spacial score (nSPS) is 27.4. The second kappa shape index (κ2) is 6.16. The molecule has 0 spiro atoms. The van der Waals surface area contributed by atoms with Crippen molar-refractivity contribution in [3.05, 3.63) is 50.8 Å². The zero-order valence-electron chi connectivity index (χ0n) is 14.4. The Bertz CT molecular complexity index is 920. The molecule has 138 valence electrons. The van der Waals surface area contributed by atoms with Crippen molar-refractivity contribution in [3.63, 3.8) is 0 Å². The number of aromatic nitrogens is 2. The summed E-state index contributed by atoms with van der Waals surface area (Å²) in [7, 11) is 0. The molecule has 3 heterocycles. The van der Waals surface area contributed by atoms with Gasteiger partial charge in [0, 0.05) is 60.3 Å². The number of hydrogen-bond donors (Lipinski definition) is 1. The average Bonchev–Trinajstić information content (AvgIpc) is 3.14. The Balaban J connectivity index is 1.41. The maximum atomic E-state index is 14.5. The van der Waals surface area contributed by atoms with E-state index < -0.39 is 0 Å². The van der Waals surface area contributed by atoms with E-state index in [0.717, 1.165) is 62.6 Å². The molecule has 4 nitrogen and oxygen atoms in total. The van der Waals surface area contributed by atoms with Crippen LogP contribution in [-0.2, 0) is 23.1 Å². The summed E-state index contributed by atoms with van der Waals surface area (Å²) < 4.78 is 22.8. The molecule has 1 aromatic carbocycles. The van der Waals surface area contributed by atoms with Crippen molar-refractivity contribution in [1.29, 1.82) is 0 Å². The number of morpholine rings is 1. The van der Waals surface area contributed by atoms with Crippen LogP contribution in [0.15, 0.2) is 18.2 Å². The van der Waals surface area contributed by atoms with E-state index in [-0.39, 0.29) is 11.2 Å². The van der Waals surface area contributed by atoms with Crippen molar-refractivity contribution in [2.45, 2.75) is 30.7 Å². The second-order valence-corrected chi connectivity index (χ2v) is 8.44. The summed E-state index contributed by atoms with van der Waals surface area (Å²) in [5.74, 6) is 0.176. The molecule has 0 amide bonds. The third-order valence-electron chi connectivity index (χ3n) is 6.20. The fourth-order valence-electron chi connectivity index (χ4n) is 4.76. The quantitative estimate of drug-likeness (QED) is 0.805. The van der Waals surface area contributed by atoms with Crippen LogP contribution < -0.4 is 0 Å². The van der Waals surface area contributed by atoms with E-state index in [9.17, 15) is 4.39 Å². The largest absolute Gasteiger partial charge is 0.379 e. The van der Waals surface area contributed by atoms with Gasteiger partial charge in [0.1, 0.15) is 5.82 Å². The molecule has 1 aromatic heterocycles. The Hall–Kier alpha value is -1.21. The van der Waals surface area contributed by atoms with Crippen LogP contribution in [0.3, 0.4) is 0 Å². The smallest absolute Gasteiger partial charge is 0.177 e. The van der Waals surface area contributed by atoms with E-state index in [1.54, 1.807) is 12.1 Å². The maximum Gasteiger partial charge on any atom is 0.177 e. The number of benzene rings is 1. The van der Waals surface area contributed by atoms with Gasteiger partial charge in [-0.3, -0.25) is 4.90 Å². The fraction of sp³-hybridized carbons (Fsp3) is 0.526. The van der Waals surface area contributed by atoms with Gasteiger partial charge in [-0.25, -0.2) is 4.39 Å². The van der Waals surface area contributed by atoms with Gasteiger partial charge in [0.25, 0.3) is 0 Å². The minimum absolute atomic E-state index is 0.160. The summed E-state index contributed by atoms with van der Waals surface area (Å²) in [6, 6.07) is 4.89. The summed E-state index contributed by atoms with van der Waals surface area (Å²) in [4.78, 5) is 5.83. The van der Waals surface area contributed by atoms with Crippen molar-refractivity contribution in [1.82, 2.24) is 14.5 Å². The number of imidazole rings is 1. The van der Waals surface area contributed by atoms with Gasteiger partial charge >= 0.3 is 0 Å². The van der Waals surface area contributed by atoms with Gasteiger partial charge in [-0.2, -0.15) is 0 Å². The number of fused-ring (bicyclic) bond motifs is 3. The summed E-state index contributed by atoms with van der Waals surface area (Å²) in [5, 5.41) is 0.593. The third-order valence-corrected chi connectivity index (χ3v) is 6.75. The van der Waals surface area contributed by atoms with Crippen molar-refractivity contribution in [3.8, 4) is 0 Å². The molecule has 0 radical (unpaired) electrons. The summed E-state index contributed by atoms with van der Waals surface area (Å²) in [5.41, 5.74) is 3.07. The summed E-state index contributed by atoms with van der Waals surface area (Å²) in [6.45, 7) is 5.33. The van der Waals surface area contributed by atoms with E-state index in [0.29, 0.717) is 10.9 Å². The number of halogens is 2. The summed E-state index contributed by atoms with van der Waals surface area (Å²) >= 11 is 11.7. The zero-order valence-corrected chi connectivity index (χ0v) is 16.0. The number of ether oxygens (including phenoxy) is 1. The molecule has 1 saturated heterocycles. The monoisotopic (exact) mass is 393 g/mol. The highest BCUT2D eigenvalue weighted by Crippen LogP contribution is 2.66. The van der Waals surface area contributed by atoms with Crippen LogP contribution in [0.1, 0.15) is 29.3 Å². The lowest BCUT2D eigenvalue weighted by molar-refractivity contribution is 0.0383. The van der Waals surface area contributed by atoms with Crippen molar-refractivity contribution in [2.75, 3.05) is 32.8 Å². The molecular weight excluding hydrogens is 373 g/mol. The van der Waals surface area contributed by atoms with Gasteiger partial charge in [-0.15, -0.1) is 0 Å². The maximum absolute atomic E-state index is 14.5. The van der Waals surface area contributed by atoms with Crippen molar-refractivity contribution in [2.24, 2.45) is 0 Å². The lowest BCUT2D eigenvalue weighted by atomic mass is 9.93. The average molecular weight is 394 g/mol. The first-order valence-electron chi connectivity index (χ1n) is 9.16. The standard InChI is InChI=1S/C19H21ClFN3OS/c20-12-1-2-15(21)13(9-12)19-10-14(19)17-16(22-18(26)24(17)11-19)3-4-23-5-7-25-8-6-23/h1-2,9,14H,3-8,10-11H2,(H,22,26)/t14-,19+/m0/s1. The van der Waals surface area contributed by atoms with Crippen molar-refractivity contribution < 1.29 is 9.13 Å². The van der Waals surface area contributed by atoms with E-state index >= 15 is 0 Å². The van der Waals surface area contributed by atoms with Crippen LogP contribution in [0.5, 0.6) is 0 Å². The van der Waals surface area contributed by atoms with Crippen LogP contribution in [0.25, 0.3) is 0 Å². The number of H-pyrrole nitrogens is 1. The summed E-state index contributed by atoms with van der Waals surface area (Å²) in [6.07, 6.45) is 1.91. The molecule has 7 heteroatoms. The van der Waals surface area contributed by atoms with Gasteiger partial charge in [0.2, 0.25) is 0 Å². The van der Waals surface area contributed by atoms with Gasteiger partial charge in [0.05, 0.1) is 13.2 Å². The molecule has 2 aromatic rings. The van der Waals surface area contributed by atoms with E-state index in [1.807, 2.05) is 0 Å². The highest BCUT2D eigenvalue weighted by atomic mass is 35.5. The lowest BCUT2D eigenvalue weighted by Gasteiger charge is -2.26. The first kappa shape index (κ1) is 16.9. The van der Waals surface area contributed by atoms with Crippen LogP contribution in [0.4, 0.5) is 4.39 Å². The molecule has 5 rings (SSSR count). The molecule has 2 fully saturated rings. The van der Waals surface area contributed by atoms with Gasteiger partial charge in [-0.05, 0) is 42.4 Å². The Labute approximate surface area is 161 Å². The molecule has 1 N–H and O–H groups in total. The minimum Gasteiger partial charge on any atom is -0.379 e. The predicted octanol–water partition coefficient (Wildman–Crippen LogP) is 3.65. The lowest BCUT2D eigenvalue weighted by Crippen LogP contribution is -2.37. The van der Waals surface area contributed by atoms with Gasteiger partial charge in [-0.1, -0.05) is 11.6 Å². The number of rotatable bonds is 4. The van der Waals surface area contributed by atoms with Crippen LogP contribution in [-0.4, -0.2) is 47.3 Å². The second-order valence-electron chi connectivity index (χ2n) is 7.62. The van der Waals surface area contributed by atoms with Gasteiger partial charge in [0.15, 0.2) is 4.77 Å². The molecule has 2 atom stereocenters. The highest BCUT2D eigenvalue weighted by Gasteiger charge is 2.63. The van der Waals surface area contributed by atoms with E-state index in [1.165, 1.54) is 17.5 Å². The minimum atomic E-state index is -0.166. The van der Waals surface area contributed by atoms with Crippen LogP contribution >= 0.6 is 23.8 Å². The predicted molar refractivity (Wildman–Crippen MR) is 101 cm³/mol. The third kappa shape index (κ3) is 2.58. The molecule has 26 heavy (non-hydrogen) atoms. The topological polar surface area (TPSA) is 33.2 Å². The van der Waals surface area contributed by atoms with E-state index in [2.05, 4.69) is 14.5 Å². The first-order valence-corrected chi connectivity index (χ1v) is 9.94. The Morgan fingerprint density at radius 2 is 2.15 bits per heavy atom. The number of nitrogens with one attached hydrogen (secondary N) is 1. The fourth-order valence-corrected chi connectivity index (χ4v) is 5.21. The SMILES string of the molecule is Fc1ccc(Cl)cc1[C@]12C[C@H]1c1c(CCN3CCOCC3)[nH]c(=S)n1C2. The molecule has 0 unspecified atom stereocenters. The Kier molecular flexibility index (Phi) is 4.01. The molecule has 0 bridgehead atoms. The van der Waals surface area contributed by atoms with E-state index in [4.69, 9.17) is 28.6 Å². The number of aromatic amines is 1. The van der Waals surface area contributed by atoms with Crippen LogP contribution in [0.2, 0.25) is 5.02 Å². The molecule has 1 saturated carbocycles. The van der Waals surface area contributed by atoms with Crippen molar-refractivity contribution >= 4 is 23.8 Å². The highest BCUT2D eigenvalue weighted by molar-refractivity contribution is 7.71. The number of nitrogens with zero attached hydrogens (tertiary/aromatic N) is 2. The van der Waals surface area contributed by atoms with Crippen LogP contribution in [0, 0.1) is 10.6 Å². The zero-order chi connectivity index (χ0) is 17.9. The van der Waals surface area contributed by atoms with Gasteiger partial charge < -0.3 is 14.3 Å². The Morgan fingerprint density at radius 1 is 1.35 bits per heavy atom. The molecule has 2 aliphatic heterocycles. The Morgan fingerprint density at radius 3 is 2.96 bits per heavy atom. The number of hydrogen-bond acceptors (Lipinski definition) is 3. The molecular formula is C19H21ClFN3OS. The first-order chi connectivity index (χ1) is 12.6.